The van der Waals surface area contributed by atoms with Gasteiger partial charge in [-0.25, -0.2) is 0 Å². The summed E-state index contributed by atoms with van der Waals surface area (Å²) in [5.74, 6) is 1.11. The molecule has 1 unspecified atom stereocenters. The van der Waals surface area contributed by atoms with Crippen molar-refractivity contribution < 1.29 is 14.3 Å². The number of piperidine rings is 1. The molecule has 6 heteroatoms. The molecule has 3 aliphatic rings. The Balaban J connectivity index is 1.41. The van der Waals surface area contributed by atoms with Crippen molar-refractivity contribution in [1.82, 2.24) is 14.7 Å². The van der Waals surface area contributed by atoms with Gasteiger partial charge in [0.2, 0.25) is 5.91 Å². The molecule has 6 nitrogen and oxygen atoms in total. The third-order valence-electron chi connectivity index (χ3n) is 5.38. The lowest BCUT2D eigenvalue weighted by molar-refractivity contribution is -0.146. The normalized spacial score (nSPS) is 27.4. The molecule has 0 aromatic heterocycles. The zero-order valence-electron chi connectivity index (χ0n) is 14.2. The Bertz CT molecular complexity index is 421. The van der Waals surface area contributed by atoms with E-state index >= 15 is 0 Å². The zero-order chi connectivity index (χ0) is 16.2. The van der Waals surface area contributed by atoms with Crippen molar-refractivity contribution in [2.45, 2.75) is 38.7 Å². The highest BCUT2D eigenvalue weighted by Gasteiger charge is 2.31. The number of hydrogen-bond acceptors (Lipinski definition) is 4. The molecule has 3 fully saturated rings. The third kappa shape index (κ3) is 4.23. The maximum Gasteiger partial charge on any atom is 0.251 e. The highest BCUT2D eigenvalue weighted by atomic mass is 16.5. The monoisotopic (exact) mass is 323 g/mol. The molecule has 3 saturated heterocycles. The second-order valence-corrected chi connectivity index (χ2v) is 7.17. The molecule has 0 saturated carbocycles. The summed E-state index contributed by atoms with van der Waals surface area (Å²) in [5.41, 5.74) is 0. The minimum Gasteiger partial charge on any atom is -0.368 e. The average Bonchev–Trinajstić information content (AvgIpc) is 3.11. The summed E-state index contributed by atoms with van der Waals surface area (Å²) >= 11 is 0. The van der Waals surface area contributed by atoms with Crippen LogP contribution < -0.4 is 0 Å². The molecule has 3 heterocycles. The van der Waals surface area contributed by atoms with Gasteiger partial charge in [0.1, 0.15) is 6.10 Å². The van der Waals surface area contributed by atoms with Gasteiger partial charge in [0, 0.05) is 32.8 Å². The van der Waals surface area contributed by atoms with Gasteiger partial charge in [-0.3, -0.25) is 14.5 Å². The van der Waals surface area contributed by atoms with Gasteiger partial charge >= 0.3 is 0 Å². The van der Waals surface area contributed by atoms with E-state index < -0.39 is 0 Å². The molecule has 3 aliphatic heterocycles. The molecule has 1 atom stereocenters. The third-order valence-corrected chi connectivity index (χ3v) is 5.38. The maximum absolute atomic E-state index is 12.4. The van der Waals surface area contributed by atoms with Crippen molar-refractivity contribution in [3.63, 3.8) is 0 Å². The number of rotatable bonds is 3. The number of nitrogens with zero attached hydrogens (tertiary/aromatic N) is 3. The van der Waals surface area contributed by atoms with Crippen LogP contribution in [0.5, 0.6) is 0 Å². The number of piperazine rings is 1. The van der Waals surface area contributed by atoms with Crippen LogP contribution >= 0.6 is 0 Å². The van der Waals surface area contributed by atoms with Crippen LogP contribution in [0.3, 0.4) is 0 Å². The van der Waals surface area contributed by atoms with Gasteiger partial charge in [0.25, 0.3) is 5.91 Å². The minimum atomic E-state index is -0.243. The van der Waals surface area contributed by atoms with Gasteiger partial charge in [-0.15, -0.1) is 0 Å². The number of hydrogen-bond donors (Lipinski definition) is 0. The molecule has 130 valence electrons. The van der Waals surface area contributed by atoms with Crippen molar-refractivity contribution >= 4 is 11.8 Å². The molecule has 0 N–H and O–H groups in total. The van der Waals surface area contributed by atoms with E-state index in [4.69, 9.17) is 4.74 Å². The number of carbonyl (C=O) groups is 2. The lowest BCUT2D eigenvalue weighted by Crippen LogP contribution is -2.54. The highest BCUT2D eigenvalue weighted by Crippen LogP contribution is 2.17. The van der Waals surface area contributed by atoms with Gasteiger partial charge in [0.05, 0.1) is 6.54 Å². The summed E-state index contributed by atoms with van der Waals surface area (Å²) in [5, 5.41) is 0. The Morgan fingerprint density at radius 2 is 1.61 bits per heavy atom. The molecule has 0 aliphatic carbocycles. The molecule has 0 bridgehead atoms. The standard InChI is InChI=1S/C17H29N3O3/c1-14-4-6-18(7-5-14)13-16(21)19-8-10-20(11-9-19)17(22)15-3-2-12-23-15/h14-15H,2-13H2,1H3. The van der Waals surface area contributed by atoms with E-state index in [-0.39, 0.29) is 17.9 Å². The Morgan fingerprint density at radius 3 is 2.22 bits per heavy atom. The Hall–Kier alpha value is -1.14. The van der Waals surface area contributed by atoms with Crippen LogP contribution in [-0.4, -0.2) is 85.0 Å². The second kappa shape index (κ2) is 7.62. The molecule has 0 radical (unpaired) electrons. The van der Waals surface area contributed by atoms with Crippen molar-refractivity contribution in [2.75, 3.05) is 52.4 Å². The predicted octanol–water partition coefficient (Wildman–Crippen LogP) is 0.568. The Morgan fingerprint density at radius 1 is 0.957 bits per heavy atom. The average molecular weight is 323 g/mol. The molecular formula is C17H29N3O3. The van der Waals surface area contributed by atoms with Crippen LogP contribution in [0.1, 0.15) is 32.6 Å². The van der Waals surface area contributed by atoms with E-state index in [1.54, 1.807) is 0 Å². The summed E-state index contributed by atoms with van der Waals surface area (Å²) < 4.78 is 5.47. The molecule has 3 rings (SSSR count). The maximum atomic E-state index is 12.4. The number of carbonyl (C=O) groups excluding carboxylic acids is 2. The summed E-state index contributed by atoms with van der Waals surface area (Å²) in [7, 11) is 0. The van der Waals surface area contributed by atoms with Crippen molar-refractivity contribution in [3.05, 3.63) is 0 Å². The first kappa shape index (κ1) is 16.7. The predicted molar refractivity (Wildman–Crippen MR) is 87.0 cm³/mol. The molecule has 0 spiro atoms. The summed E-state index contributed by atoms with van der Waals surface area (Å²) in [6.45, 7) is 8.17. The first-order valence-corrected chi connectivity index (χ1v) is 9.04. The largest absolute Gasteiger partial charge is 0.368 e. The smallest absolute Gasteiger partial charge is 0.251 e. The van der Waals surface area contributed by atoms with E-state index in [1.807, 2.05) is 9.80 Å². The second-order valence-electron chi connectivity index (χ2n) is 7.17. The number of likely N-dealkylation sites (tertiary alicyclic amines) is 1. The van der Waals surface area contributed by atoms with E-state index in [2.05, 4.69) is 11.8 Å². The molecule has 23 heavy (non-hydrogen) atoms. The van der Waals surface area contributed by atoms with Gasteiger partial charge in [-0.1, -0.05) is 6.92 Å². The molecular weight excluding hydrogens is 294 g/mol. The number of ether oxygens (including phenoxy) is 1. The molecule has 0 aromatic rings. The fraction of sp³-hybridized carbons (Fsp3) is 0.882. The quantitative estimate of drug-likeness (QED) is 0.762. The summed E-state index contributed by atoms with van der Waals surface area (Å²) in [6, 6.07) is 0. The van der Waals surface area contributed by atoms with Crippen LogP contribution in [0.15, 0.2) is 0 Å². The van der Waals surface area contributed by atoms with Crippen LogP contribution in [0.25, 0.3) is 0 Å². The van der Waals surface area contributed by atoms with Crippen molar-refractivity contribution in [1.29, 1.82) is 0 Å². The van der Waals surface area contributed by atoms with Gasteiger partial charge in [-0.05, 0) is 44.7 Å². The topological polar surface area (TPSA) is 53.1 Å². The van der Waals surface area contributed by atoms with Crippen molar-refractivity contribution in [2.24, 2.45) is 5.92 Å². The lowest BCUT2D eigenvalue weighted by atomic mass is 9.99. The Labute approximate surface area is 138 Å². The van der Waals surface area contributed by atoms with Crippen LogP contribution in [0.2, 0.25) is 0 Å². The van der Waals surface area contributed by atoms with Gasteiger partial charge in [-0.2, -0.15) is 0 Å². The van der Waals surface area contributed by atoms with Gasteiger partial charge in [0.15, 0.2) is 0 Å². The molecule has 2 amide bonds. The summed E-state index contributed by atoms with van der Waals surface area (Å²) in [4.78, 5) is 30.8. The van der Waals surface area contributed by atoms with E-state index in [1.165, 1.54) is 12.8 Å². The fourth-order valence-electron chi connectivity index (χ4n) is 3.66. The Kier molecular flexibility index (Phi) is 5.54. The molecule has 0 aromatic carbocycles. The van der Waals surface area contributed by atoms with Crippen LogP contribution in [0.4, 0.5) is 0 Å². The van der Waals surface area contributed by atoms with E-state index in [9.17, 15) is 9.59 Å². The van der Waals surface area contributed by atoms with E-state index in [0.717, 1.165) is 31.8 Å². The van der Waals surface area contributed by atoms with Crippen LogP contribution in [-0.2, 0) is 14.3 Å². The zero-order valence-corrected chi connectivity index (χ0v) is 14.2. The van der Waals surface area contributed by atoms with E-state index in [0.29, 0.717) is 39.3 Å². The lowest BCUT2D eigenvalue weighted by Gasteiger charge is -2.37. The van der Waals surface area contributed by atoms with Crippen LogP contribution in [0, 0.1) is 5.92 Å². The highest BCUT2D eigenvalue weighted by molar-refractivity contribution is 5.82. The summed E-state index contributed by atoms with van der Waals surface area (Å²) in [6.07, 6.45) is 3.95. The van der Waals surface area contributed by atoms with Crippen molar-refractivity contribution in [3.8, 4) is 0 Å². The first-order valence-electron chi connectivity index (χ1n) is 9.04. The minimum absolute atomic E-state index is 0.111. The first-order chi connectivity index (χ1) is 11.1. The number of amides is 2. The SMILES string of the molecule is CC1CCN(CC(=O)N2CCN(C(=O)C3CCCO3)CC2)CC1. The fourth-order valence-corrected chi connectivity index (χ4v) is 3.66. The van der Waals surface area contributed by atoms with Gasteiger partial charge < -0.3 is 14.5 Å².